The molecule has 1 fully saturated rings. The smallest absolute Gasteiger partial charge is 0.211 e. The summed E-state index contributed by atoms with van der Waals surface area (Å²) < 4.78 is 5.71. The van der Waals surface area contributed by atoms with Crippen molar-refractivity contribution in [1.29, 1.82) is 0 Å². The molecular formula is C18H24N2O2. The van der Waals surface area contributed by atoms with Crippen LogP contribution in [0.15, 0.2) is 28.9 Å². The molecule has 1 N–H and O–H groups in total. The third-order valence-electron chi connectivity index (χ3n) is 4.69. The van der Waals surface area contributed by atoms with Gasteiger partial charge in [0, 0.05) is 22.7 Å². The van der Waals surface area contributed by atoms with Gasteiger partial charge >= 0.3 is 0 Å². The van der Waals surface area contributed by atoms with Gasteiger partial charge in [-0.05, 0) is 56.9 Å². The lowest BCUT2D eigenvalue weighted by atomic mass is 9.89. The van der Waals surface area contributed by atoms with E-state index < -0.39 is 0 Å². The Morgan fingerprint density at radius 2 is 2.18 bits per heavy atom. The van der Waals surface area contributed by atoms with Crippen LogP contribution in [0.3, 0.4) is 0 Å². The van der Waals surface area contributed by atoms with Gasteiger partial charge in [0.1, 0.15) is 5.58 Å². The number of anilines is 1. The quantitative estimate of drug-likeness (QED) is 0.821. The largest absolute Gasteiger partial charge is 0.464 e. The van der Waals surface area contributed by atoms with Crippen molar-refractivity contribution >= 4 is 23.1 Å². The van der Waals surface area contributed by atoms with E-state index in [0.717, 1.165) is 11.3 Å². The number of carbonyl (C=O) groups is 1. The van der Waals surface area contributed by atoms with E-state index in [-0.39, 0.29) is 0 Å². The maximum absolute atomic E-state index is 10.5. The SMILES string of the molecule is CCCCN1CCC(c2coc3cc(NC=O)ccc23)CC1. The molecule has 118 valence electrons. The Hall–Kier alpha value is -1.81. The van der Waals surface area contributed by atoms with Crippen LogP contribution >= 0.6 is 0 Å². The Morgan fingerprint density at radius 3 is 2.91 bits per heavy atom. The molecule has 2 aromatic rings. The van der Waals surface area contributed by atoms with Crippen LogP contribution < -0.4 is 5.32 Å². The van der Waals surface area contributed by atoms with E-state index in [9.17, 15) is 4.79 Å². The van der Waals surface area contributed by atoms with Crippen LogP contribution in [-0.2, 0) is 4.79 Å². The number of hydrogen-bond acceptors (Lipinski definition) is 3. The summed E-state index contributed by atoms with van der Waals surface area (Å²) in [4.78, 5) is 13.1. The fourth-order valence-corrected chi connectivity index (χ4v) is 3.37. The number of nitrogens with zero attached hydrogens (tertiary/aromatic N) is 1. The average molecular weight is 300 g/mol. The monoisotopic (exact) mass is 300 g/mol. The molecular weight excluding hydrogens is 276 g/mol. The van der Waals surface area contributed by atoms with Gasteiger partial charge in [0.05, 0.1) is 6.26 Å². The number of nitrogens with one attached hydrogen (secondary N) is 1. The second-order valence-electron chi connectivity index (χ2n) is 6.13. The minimum Gasteiger partial charge on any atom is -0.464 e. The third-order valence-corrected chi connectivity index (χ3v) is 4.69. The van der Waals surface area contributed by atoms with E-state index in [1.54, 1.807) is 0 Å². The summed E-state index contributed by atoms with van der Waals surface area (Å²) in [6.45, 7) is 5.85. The molecule has 4 nitrogen and oxygen atoms in total. The highest BCUT2D eigenvalue weighted by Gasteiger charge is 2.23. The first-order chi connectivity index (χ1) is 10.8. The van der Waals surface area contributed by atoms with Crippen LogP contribution in [0.1, 0.15) is 44.1 Å². The predicted octanol–water partition coefficient (Wildman–Crippen LogP) is 3.98. The Morgan fingerprint density at radius 1 is 1.36 bits per heavy atom. The number of fused-ring (bicyclic) bond motifs is 1. The molecule has 0 spiro atoms. The summed E-state index contributed by atoms with van der Waals surface area (Å²) in [6.07, 6.45) is 7.56. The summed E-state index contributed by atoms with van der Waals surface area (Å²) in [6, 6.07) is 5.89. The minimum atomic E-state index is 0.587. The van der Waals surface area contributed by atoms with E-state index in [0.29, 0.717) is 12.3 Å². The van der Waals surface area contributed by atoms with Gasteiger partial charge in [-0.2, -0.15) is 0 Å². The molecule has 0 bridgehead atoms. The number of rotatable bonds is 6. The van der Waals surface area contributed by atoms with Gasteiger partial charge in [0.15, 0.2) is 0 Å². The van der Waals surface area contributed by atoms with Crippen molar-refractivity contribution in [1.82, 2.24) is 4.90 Å². The summed E-state index contributed by atoms with van der Waals surface area (Å²) in [5.74, 6) is 0.587. The van der Waals surface area contributed by atoms with Gasteiger partial charge < -0.3 is 14.6 Å². The lowest BCUT2D eigenvalue weighted by Gasteiger charge is -2.31. The standard InChI is InChI=1S/C18H24N2O2/c1-2-3-8-20-9-6-14(7-10-20)17-12-22-18-11-15(19-13-21)4-5-16(17)18/h4-5,11-14H,2-3,6-10H2,1H3,(H,19,21). The Balaban J connectivity index is 1.70. The first kappa shape index (κ1) is 15.1. The molecule has 2 heterocycles. The molecule has 1 aromatic heterocycles. The zero-order valence-corrected chi connectivity index (χ0v) is 13.2. The molecule has 1 aromatic carbocycles. The number of furan rings is 1. The number of carbonyl (C=O) groups excluding carboxylic acids is 1. The first-order valence-corrected chi connectivity index (χ1v) is 8.25. The van der Waals surface area contributed by atoms with Crippen LogP contribution in [0, 0.1) is 0 Å². The van der Waals surface area contributed by atoms with Gasteiger partial charge in [-0.15, -0.1) is 0 Å². The number of benzene rings is 1. The Labute approximate surface area is 131 Å². The normalized spacial score (nSPS) is 17.0. The third kappa shape index (κ3) is 3.17. The average Bonchev–Trinajstić information content (AvgIpc) is 2.97. The topological polar surface area (TPSA) is 45.5 Å². The van der Waals surface area contributed by atoms with Crippen molar-refractivity contribution < 1.29 is 9.21 Å². The van der Waals surface area contributed by atoms with Crippen molar-refractivity contribution in [2.75, 3.05) is 25.0 Å². The van der Waals surface area contributed by atoms with E-state index in [1.165, 1.54) is 56.3 Å². The van der Waals surface area contributed by atoms with E-state index in [2.05, 4.69) is 23.2 Å². The number of amides is 1. The fraction of sp³-hybridized carbons (Fsp3) is 0.500. The second kappa shape index (κ2) is 6.97. The van der Waals surface area contributed by atoms with Crippen LogP contribution in [-0.4, -0.2) is 30.9 Å². The maximum atomic E-state index is 10.5. The number of likely N-dealkylation sites (tertiary alicyclic amines) is 1. The molecule has 3 rings (SSSR count). The molecule has 4 heteroatoms. The zero-order valence-electron chi connectivity index (χ0n) is 13.2. The van der Waals surface area contributed by atoms with Gasteiger partial charge in [-0.1, -0.05) is 13.3 Å². The summed E-state index contributed by atoms with van der Waals surface area (Å²) >= 11 is 0. The molecule has 22 heavy (non-hydrogen) atoms. The van der Waals surface area contributed by atoms with Crippen LogP contribution in [0.5, 0.6) is 0 Å². The van der Waals surface area contributed by atoms with E-state index in [4.69, 9.17) is 4.42 Å². The molecule has 0 saturated carbocycles. The Bertz CT molecular complexity index is 627. The lowest BCUT2D eigenvalue weighted by molar-refractivity contribution is -0.105. The van der Waals surface area contributed by atoms with Crippen molar-refractivity contribution in [3.05, 3.63) is 30.0 Å². The van der Waals surface area contributed by atoms with E-state index >= 15 is 0 Å². The summed E-state index contributed by atoms with van der Waals surface area (Å²) in [7, 11) is 0. The van der Waals surface area contributed by atoms with Crippen molar-refractivity contribution in [3.8, 4) is 0 Å². The minimum absolute atomic E-state index is 0.587. The van der Waals surface area contributed by atoms with Gasteiger partial charge in [0.2, 0.25) is 6.41 Å². The maximum Gasteiger partial charge on any atom is 0.211 e. The number of hydrogen-bond donors (Lipinski definition) is 1. The lowest BCUT2D eigenvalue weighted by Crippen LogP contribution is -2.33. The van der Waals surface area contributed by atoms with Crippen molar-refractivity contribution in [3.63, 3.8) is 0 Å². The molecule has 1 amide bonds. The highest BCUT2D eigenvalue weighted by molar-refractivity contribution is 5.86. The van der Waals surface area contributed by atoms with E-state index in [1.807, 2.05) is 18.4 Å². The highest BCUT2D eigenvalue weighted by Crippen LogP contribution is 2.35. The molecule has 0 aliphatic carbocycles. The first-order valence-electron chi connectivity index (χ1n) is 8.25. The summed E-state index contributed by atoms with van der Waals surface area (Å²) in [5.41, 5.74) is 2.95. The highest BCUT2D eigenvalue weighted by atomic mass is 16.3. The van der Waals surface area contributed by atoms with Gasteiger partial charge in [-0.3, -0.25) is 4.79 Å². The molecule has 1 saturated heterocycles. The summed E-state index contributed by atoms with van der Waals surface area (Å²) in [5, 5.41) is 3.85. The van der Waals surface area contributed by atoms with Crippen LogP contribution in [0.4, 0.5) is 5.69 Å². The Kier molecular flexibility index (Phi) is 4.78. The molecule has 0 unspecified atom stereocenters. The van der Waals surface area contributed by atoms with Gasteiger partial charge in [-0.25, -0.2) is 0 Å². The fourth-order valence-electron chi connectivity index (χ4n) is 3.37. The predicted molar refractivity (Wildman–Crippen MR) is 89.2 cm³/mol. The van der Waals surface area contributed by atoms with Crippen LogP contribution in [0.2, 0.25) is 0 Å². The van der Waals surface area contributed by atoms with Crippen LogP contribution in [0.25, 0.3) is 11.0 Å². The molecule has 1 aliphatic heterocycles. The molecule has 0 atom stereocenters. The molecule has 0 radical (unpaired) electrons. The number of piperidine rings is 1. The zero-order chi connectivity index (χ0) is 15.4. The van der Waals surface area contributed by atoms with Gasteiger partial charge in [0.25, 0.3) is 0 Å². The van der Waals surface area contributed by atoms with Crippen molar-refractivity contribution in [2.45, 2.75) is 38.5 Å². The number of unbranched alkanes of at least 4 members (excludes halogenated alkanes) is 1. The molecule has 1 aliphatic rings. The second-order valence-corrected chi connectivity index (χ2v) is 6.13. The van der Waals surface area contributed by atoms with Crippen molar-refractivity contribution in [2.24, 2.45) is 0 Å².